The van der Waals surface area contributed by atoms with Gasteiger partial charge in [-0.15, -0.1) is 0 Å². The van der Waals surface area contributed by atoms with E-state index in [1.54, 1.807) is 0 Å². The fourth-order valence-electron chi connectivity index (χ4n) is 2.30. The number of benzene rings is 2. The molecule has 0 spiro atoms. The molecule has 0 aliphatic heterocycles. The van der Waals surface area contributed by atoms with Crippen molar-refractivity contribution in [2.45, 2.75) is 33.2 Å². The molecular formula is C17H20ClN. The third kappa shape index (κ3) is 2.99. The van der Waals surface area contributed by atoms with Crippen LogP contribution in [0.15, 0.2) is 36.4 Å². The van der Waals surface area contributed by atoms with E-state index in [0.717, 1.165) is 23.4 Å². The highest BCUT2D eigenvalue weighted by molar-refractivity contribution is 6.31. The summed E-state index contributed by atoms with van der Waals surface area (Å²) >= 11 is 6.27. The molecule has 1 nitrogen and oxygen atoms in total. The van der Waals surface area contributed by atoms with E-state index in [1.165, 1.54) is 22.3 Å². The second-order valence-electron chi connectivity index (χ2n) is 4.71. The largest absolute Gasteiger partial charge is 0.326 e. The smallest absolute Gasteiger partial charge is 0.0457 e. The minimum atomic E-state index is 0.481. The van der Waals surface area contributed by atoms with Crippen LogP contribution in [0.3, 0.4) is 0 Å². The van der Waals surface area contributed by atoms with Crippen molar-refractivity contribution in [2.24, 2.45) is 5.73 Å². The number of aryl methyl sites for hydroxylation is 2. The minimum Gasteiger partial charge on any atom is -0.326 e. The van der Waals surface area contributed by atoms with Gasteiger partial charge in [-0.1, -0.05) is 55.8 Å². The van der Waals surface area contributed by atoms with Crippen molar-refractivity contribution in [2.75, 3.05) is 0 Å². The van der Waals surface area contributed by atoms with Gasteiger partial charge >= 0.3 is 0 Å². The molecule has 0 radical (unpaired) electrons. The molecule has 2 aromatic rings. The normalized spacial score (nSPS) is 10.7. The van der Waals surface area contributed by atoms with Crippen molar-refractivity contribution in [1.82, 2.24) is 0 Å². The molecule has 100 valence electrons. The van der Waals surface area contributed by atoms with Gasteiger partial charge in [0.1, 0.15) is 0 Å². The van der Waals surface area contributed by atoms with Crippen LogP contribution < -0.4 is 5.73 Å². The van der Waals surface area contributed by atoms with Crippen molar-refractivity contribution >= 4 is 11.6 Å². The second-order valence-corrected chi connectivity index (χ2v) is 5.12. The van der Waals surface area contributed by atoms with Gasteiger partial charge in [-0.2, -0.15) is 0 Å². The summed E-state index contributed by atoms with van der Waals surface area (Å²) in [6, 6.07) is 12.9. The summed E-state index contributed by atoms with van der Waals surface area (Å²) in [5.74, 6) is 0. The van der Waals surface area contributed by atoms with Crippen LogP contribution in [-0.2, 0) is 19.4 Å². The third-order valence-electron chi connectivity index (χ3n) is 3.55. The molecule has 0 aliphatic rings. The second kappa shape index (κ2) is 6.23. The number of nitrogens with two attached hydrogens (primary N) is 1. The summed E-state index contributed by atoms with van der Waals surface area (Å²) in [6.45, 7) is 4.84. The van der Waals surface area contributed by atoms with Crippen molar-refractivity contribution < 1.29 is 0 Å². The lowest BCUT2D eigenvalue weighted by Gasteiger charge is -2.12. The minimum absolute atomic E-state index is 0.481. The maximum Gasteiger partial charge on any atom is 0.0457 e. The lowest BCUT2D eigenvalue weighted by atomic mass is 9.94. The zero-order chi connectivity index (χ0) is 13.8. The van der Waals surface area contributed by atoms with Crippen LogP contribution in [0.25, 0.3) is 11.1 Å². The highest BCUT2D eigenvalue weighted by Gasteiger charge is 2.07. The highest BCUT2D eigenvalue weighted by Crippen LogP contribution is 2.29. The standard InChI is InChI=1S/C17H20ClN/c1-3-12-5-6-13(4-2)16(9-12)14-7-8-15(11-19)17(18)10-14/h5-10H,3-4,11,19H2,1-2H3. The van der Waals surface area contributed by atoms with Crippen LogP contribution >= 0.6 is 11.6 Å². The van der Waals surface area contributed by atoms with Crippen molar-refractivity contribution in [1.29, 1.82) is 0 Å². The van der Waals surface area contributed by atoms with Crippen LogP contribution in [-0.4, -0.2) is 0 Å². The Kier molecular flexibility index (Phi) is 4.62. The molecular weight excluding hydrogens is 254 g/mol. The summed E-state index contributed by atoms with van der Waals surface area (Å²) < 4.78 is 0. The van der Waals surface area contributed by atoms with Crippen LogP contribution in [0, 0.1) is 0 Å². The van der Waals surface area contributed by atoms with E-state index in [1.807, 2.05) is 12.1 Å². The van der Waals surface area contributed by atoms with Crippen molar-refractivity contribution in [3.05, 3.63) is 58.1 Å². The molecule has 0 atom stereocenters. The first-order chi connectivity index (χ1) is 9.19. The van der Waals surface area contributed by atoms with Crippen LogP contribution in [0.1, 0.15) is 30.5 Å². The van der Waals surface area contributed by atoms with Crippen LogP contribution in [0.4, 0.5) is 0 Å². The van der Waals surface area contributed by atoms with E-state index in [0.29, 0.717) is 6.54 Å². The van der Waals surface area contributed by atoms with Gasteiger partial charge in [-0.25, -0.2) is 0 Å². The number of rotatable bonds is 4. The molecule has 0 bridgehead atoms. The topological polar surface area (TPSA) is 26.0 Å². The van der Waals surface area contributed by atoms with E-state index in [-0.39, 0.29) is 0 Å². The Balaban J connectivity index is 2.53. The molecule has 2 rings (SSSR count). The van der Waals surface area contributed by atoms with Gasteiger partial charge in [0.25, 0.3) is 0 Å². The predicted molar refractivity (Wildman–Crippen MR) is 83.5 cm³/mol. The molecule has 19 heavy (non-hydrogen) atoms. The molecule has 0 unspecified atom stereocenters. The van der Waals surface area contributed by atoms with E-state index in [2.05, 4.69) is 38.1 Å². The van der Waals surface area contributed by atoms with Gasteiger partial charge in [-0.05, 0) is 46.7 Å². The third-order valence-corrected chi connectivity index (χ3v) is 3.90. The summed E-state index contributed by atoms with van der Waals surface area (Å²) in [5.41, 5.74) is 11.8. The van der Waals surface area contributed by atoms with Crippen LogP contribution in [0.5, 0.6) is 0 Å². The fourth-order valence-corrected chi connectivity index (χ4v) is 2.56. The van der Waals surface area contributed by atoms with E-state index in [9.17, 15) is 0 Å². The Bertz CT molecular complexity index is 575. The Hall–Kier alpha value is -1.31. The molecule has 0 saturated heterocycles. The van der Waals surface area contributed by atoms with Gasteiger partial charge in [0.2, 0.25) is 0 Å². The lowest BCUT2D eigenvalue weighted by Crippen LogP contribution is -1.97. The first-order valence-electron chi connectivity index (χ1n) is 6.80. The lowest BCUT2D eigenvalue weighted by molar-refractivity contribution is 1.07. The van der Waals surface area contributed by atoms with Crippen molar-refractivity contribution in [3.63, 3.8) is 0 Å². The Labute approximate surface area is 120 Å². The van der Waals surface area contributed by atoms with E-state index in [4.69, 9.17) is 17.3 Å². The summed E-state index contributed by atoms with van der Waals surface area (Å²) in [4.78, 5) is 0. The number of hydrogen-bond acceptors (Lipinski definition) is 1. The molecule has 2 N–H and O–H groups in total. The average Bonchev–Trinajstić information content (AvgIpc) is 2.46. The maximum absolute atomic E-state index is 6.27. The Morgan fingerprint density at radius 1 is 0.947 bits per heavy atom. The molecule has 0 saturated carbocycles. The summed E-state index contributed by atoms with van der Waals surface area (Å²) in [7, 11) is 0. The zero-order valence-electron chi connectivity index (χ0n) is 11.5. The number of halogens is 1. The monoisotopic (exact) mass is 273 g/mol. The average molecular weight is 274 g/mol. The number of hydrogen-bond donors (Lipinski definition) is 1. The highest BCUT2D eigenvalue weighted by atomic mass is 35.5. The van der Waals surface area contributed by atoms with Gasteiger partial charge in [0.15, 0.2) is 0 Å². The molecule has 2 aromatic carbocycles. The first-order valence-corrected chi connectivity index (χ1v) is 7.18. The maximum atomic E-state index is 6.27. The molecule has 0 heterocycles. The quantitative estimate of drug-likeness (QED) is 0.866. The fraction of sp³-hybridized carbons (Fsp3) is 0.294. The molecule has 0 aromatic heterocycles. The summed E-state index contributed by atoms with van der Waals surface area (Å²) in [5, 5.41) is 0.754. The van der Waals surface area contributed by atoms with E-state index < -0.39 is 0 Å². The van der Waals surface area contributed by atoms with Crippen molar-refractivity contribution in [3.8, 4) is 11.1 Å². The van der Waals surface area contributed by atoms with Gasteiger partial charge in [0, 0.05) is 11.6 Å². The molecule has 0 amide bonds. The summed E-state index contributed by atoms with van der Waals surface area (Å²) in [6.07, 6.45) is 2.07. The molecule has 2 heteroatoms. The van der Waals surface area contributed by atoms with Gasteiger partial charge in [-0.3, -0.25) is 0 Å². The Morgan fingerprint density at radius 2 is 1.68 bits per heavy atom. The Morgan fingerprint density at radius 3 is 2.26 bits per heavy atom. The van der Waals surface area contributed by atoms with E-state index >= 15 is 0 Å². The zero-order valence-corrected chi connectivity index (χ0v) is 12.3. The molecule has 0 aliphatic carbocycles. The van der Waals surface area contributed by atoms with Gasteiger partial charge < -0.3 is 5.73 Å². The van der Waals surface area contributed by atoms with Gasteiger partial charge in [0.05, 0.1) is 0 Å². The predicted octanol–water partition coefficient (Wildman–Crippen LogP) is 4.59. The van der Waals surface area contributed by atoms with Crippen LogP contribution in [0.2, 0.25) is 5.02 Å². The SMILES string of the molecule is CCc1ccc(CC)c(-c2ccc(CN)c(Cl)c2)c1. The molecule has 0 fully saturated rings. The first kappa shape index (κ1) is 14.1.